The molecule has 0 aliphatic carbocycles. The molecule has 1 fully saturated rings. The highest BCUT2D eigenvalue weighted by Gasteiger charge is 2.15. The van der Waals surface area contributed by atoms with Crippen molar-refractivity contribution in [1.29, 1.82) is 0 Å². The van der Waals surface area contributed by atoms with Crippen molar-refractivity contribution in [2.24, 2.45) is 0 Å². The maximum atomic E-state index is 5.58. The second-order valence-corrected chi connectivity index (χ2v) is 4.83. The Morgan fingerprint density at radius 3 is 3.00 bits per heavy atom. The summed E-state index contributed by atoms with van der Waals surface area (Å²) in [4.78, 5) is 1.62. The Bertz CT molecular complexity index is 523. The molecular formula is C14H18N4O2. The fraction of sp³-hybridized carbons (Fsp3) is 0.500. The van der Waals surface area contributed by atoms with Gasteiger partial charge < -0.3 is 9.47 Å². The van der Waals surface area contributed by atoms with Crippen LogP contribution < -0.4 is 4.74 Å². The predicted molar refractivity (Wildman–Crippen MR) is 72.2 cm³/mol. The Kier molecular flexibility index (Phi) is 4.22. The first-order valence-corrected chi connectivity index (χ1v) is 6.96. The van der Waals surface area contributed by atoms with Gasteiger partial charge in [0.1, 0.15) is 5.75 Å². The topological polar surface area (TPSA) is 62.1 Å². The first-order chi connectivity index (χ1) is 9.90. The van der Waals surface area contributed by atoms with E-state index in [0.717, 1.165) is 38.2 Å². The summed E-state index contributed by atoms with van der Waals surface area (Å²) >= 11 is 0. The van der Waals surface area contributed by atoms with E-state index in [1.54, 1.807) is 4.80 Å². The molecule has 6 nitrogen and oxygen atoms in total. The van der Waals surface area contributed by atoms with Gasteiger partial charge in [-0.05, 0) is 36.6 Å². The van der Waals surface area contributed by atoms with E-state index in [2.05, 4.69) is 15.4 Å². The number of aromatic nitrogens is 4. The highest BCUT2D eigenvalue weighted by molar-refractivity contribution is 5.20. The lowest BCUT2D eigenvalue weighted by molar-refractivity contribution is 0.0981. The molecule has 1 atom stereocenters. The molecule has 1 aliphatic rings. The average molecular weight is 274 g/mol. The van der Waals surface area contributed by atoms with Gasteiger partial charge >= 0.3 is 0 Å². The minimum Gasteiger partial charge on any atom is -0.485 e. The summed E-state index contributed by atoms with van der Waals surface area (Å²) in [7, 11) is 0. The SMILES string of the molecule is c1ccc(OCc2nnn(CC[C@H]3CCCO3)n2)cc1. The van der Waals surface area contributed by atoms with Crippen LogP contribution in [-0.2, 0) is 17.9 Å². The Labute approximate surface area is 117 Å². The number of tetrazole rings is 1. The number of hydrogen-bond donors (Lipinski definition) is 0. The highest BCUT2D eigenvalue weighted by atomic mass is 16.5. The third-order valence-electron chi connectivity index (χ3n) is 3.28. The number of rotatable bonds is 6. The maximum absolute atomic E-state index is 5.58. The van der Waals surface area contributed by atoms with Crippen molar-refractivity contribution in [2.75, 3.05) is 6.61 Å². The van der Waals surface area contributed by atoms with Gasteiger partial charge in [-0.2, -0.15) is 4.80 Å². The van der Waals surface area contributed by atoms with Crippen LogP contribution in [0.4, 0.5) is 0 Å². The fourth-order valence-corrected chi connectivity index (χ4v) is 2.23. The van der Waals surface area contributed by atoms with Crippen molar-refractivity contribution in [3.63, 3.8) is 0 Å². The molecule has 0 bridgehead atoms. The second-order valence-electron chi connectivity index (χ2n) is 4.83. The molecule has 1 aliphatic heterocycles. The summed E-state index contributed by atoms with van der Waals surface area (Å²) in [5.41, 5.74) is 0. The molecule has 20 heavy (non-hydrogen) atoms. The average Bonchev–Trinajstić information content (AvgIpc) is 3.16. The third-order valence-corrected chi connectivity index (χ3v) is 3.28. The lowest BCUT2D eigenvalue weighted by atomic mass is 10.2. The molecule has 0 amide bonds. The molecule has 3 rings (SSSR count). The zero-order valence-electron chi connectivity index (χ0n) is 11.3. The number of para-hydroxylation sites is 1. The van der Waals surface area contributed by atoms with Crippen LogP contribution in [0.25, 0.3) is 0 Å². The van der Waals surface area contributed by atoms with E-state index in [9.17, 15) is 0 Å². The van der Waals surface area contributed by atoms with Gasteiger partial charge in [-0.15, -0.1) is 10.2 Å². The van der Waals surface area contributed by atoms with Gasteiger partial charge in [-0.3, -0.25) is 0 Å². The molecule has 0 N–H and O–H groups in total. The molecule has 0 spiro atoms. The normalized spacial score (nSPS) is 18.3. The van der Waals surface area contributed by atoms with Gasteiger partial charge in [0, 0.05) is 6.61 Å². The molecule has 106 valence electrons. The Hall–Kier alpha value is -1.95. The third kappa shape index (κ3) is 3.54. The van der Waals surface area contributed by atoms with Crippen molar-refractivity contribution in [3.8, 4) is 5.75 Å². The Morgan fingerprint density at radius 2 is 2.20 bits per heavy atom. The number of ether oxygens (including phenoxy) is 2. The van der Waals surface area contributed by atoms with E-state index >= 15 is 0 Å². The summed E-state index contributed by atoms with van der Waals surface area (Å²) in [6.45, 7) is 1.96. The predicted octanol–water partition coefficient (Wildman–Crippen LogP) is 1.82. The van der Waals surface area contributed by atoms with E-state index in [-0.39, 0.29) is 0 Å². The minimum atomic E-state index is 0.337. The van der Waals surface area contributed by atoms with Crippen LogP contribution in [0.1, 0.15) is 25.1 Å². The van der Waals surface area contributed by atoms with Crippen LogP contribution in [0, 0.1) is 0 Å². The van der Waals surface area contributed by atoms with Gasteiger partial charge in [-0.25, -0.2) is 0 Å². The van der Waals surface area contributed by atoms with Crippen LogP contribution in [0.2, 0.25) is 0 Å². The van der Waals surface area contributed by atoms with E-state index in [1.165, 1.54) is 0 Å². The van der Waals surface area contributed by atoms with Crippen molar-refractivity contribution < 1.29 is 9.47 Å². The van der Waals surface area contributed by atoms with E-state index < -0.39 is 0 Å². The van der Waals surface area contributed by atoms with Crippen LogP contribution in [0.3, 0.4) is 0 Å². The maximum Gasteiger partial charge on any atom is 0.212 e. The number of benzene rings is 1. The van der Waals surface area contributed by atoms with Gasteiger partial charge in [0.2, 0.25) is 5.82 Å². The van der Waals surface area contributed by atoms with Crippen LogP contribution in [-0.4, -0.2) is 32.9 Å². The molecule has 6 heteroatoms. The summed E-state index contributed by atoms with van der Waals surface area (Å²) < 4.78 is 11.2. The summed E-state index contributed by atoms with van der Waals surface area (Å²) in [5, 5.41) is 12.3. The standard InChI is InChI=1S/C14H18N4O2/c1-2-5-12(6-3-1)20-11-14-15-17-18(16-14)9-8-13-7-4-10-19-13/h1-3,5-6,13H,4,7-11H2/t13-/m1/s1. The summed E-state index contributed by atoms with van der Waals surface area (Å²) in [5.74, 6) is 1.41. The first kappa shape index (κ1) is 13.1. The molecule has 1 aromatic carbocycles. The lowest BCUT2D eigenvalue weighted by Crippen LogP contribution is -2.12. The number of aryl methyl sites for hydroxylation is 1. The number of nitrogens with zero attached hydrogens (tertiary/aromatic N) is 4. The molecule has 0 saturated carbocycles. The van der Waals surface area contributed by atoms with Crippen molar-refractivity contribution in [3.05, 3.63) is 36.2 Å². The van der Waals surface area contributed by atoms with Gasteiger partial charge in [0.15, 0.2) is 6.61 Å². The van der Waals surface area contributed by atoms with Crippen LogP contribution >= 0.6 is 0 Å². The van der Waals surface area contributed by atoms with Crippen LogP contribution in [0.15, 0.2) is 30.3 Å². The molecule has 1 aromatic heterocycles. The second kappa shape index (κ2) is 6.47. The number of hydrogen-bond acceptors (Lipinski definition) is 5. The van der Waals surface area contributed by atoms with Gasteiger partial charge in [0.05, 0.1) is 12.6 Å². The first-order valence-electron chi connectivity index (χ1n) is 6.96. The quantitative estimate of drug-likeness (QED) is 0.804. The van der Waals surface area contributed by atoms with E-state index in [0.29, 0.717) is 18.5 Å². The molecule has 0 radical (unpaired) electrons. The van der Waals surface area contributed by atoms with Gasteiger partial charge in [0.25, 0.3) is 0 Å². The molecule has 2 aromatic rings. The zero-order valence-corrected chi connectivity index (χ0v) is 11.3. The summed E-state index contributed by atoms with van der Waals surface area (Å²) in [6.07, 6.45) is 3.59. The lowest BCUT2D eigenvalue weighted by Gasteiger charge is -2.07. The van der Waals surface area contributed by atoms with Crippen molar-refractivity contribution in [1.82, 2.24) is 20.2 Å². The summed E-state index contributed by atoms with van der Waals surface area (Å²) in [6, 6.07) is 9.62. The largest absolute Gasteiger partial charge is 0.485 e. The smallest absolute Gasteiger partial charge is 0.212 e. The minimum absolute atomic E-state index is 0.337. The monoisotopic (exact) mass is 274 g/mol. The Morgan fingerprint density at radius 1 is 1.30 bits per heavy atom. The van der Waals surface area contributed by atoms with E-state index in [1.807, 2.05) is 30.3 Å². The highest BCUT2D eigenvalue weighted by Crippen LogP contribution is 2.15. The zero-order chi connectivity index (χ0) is 13.6. The Balaban J connectivity index is 1.46. The van der Waals surface area contributed by atoms with Crippen molar-refractivity contribution in [2.45, 2.75) is 38.5 Å². The van der Waals surface area contributed by atoms with Crippen LogP contribution in [0.5, 0.6) is 5.75 Å². The fourth-order valence-electron chi connectivity index (χ4n) is 2.23. The molecule has 2 heterocycles. The molecule has 1 saturated heterocycles. The van der Waals surface area contributed by atoms with E-state index in [4.69, 9.17) is 9.47 Å². The molecular weight excluding hydrogens is 256 g/mol. The van der Waals surface area contributed by atoms with Crippen molar-refractivity contribution >= 4 is 0 Å². The molecule has 0 unspecified atom stereocenters. The van der Waals surface area contributed by atoms with Gasteiger partial charge in [-0.1, -0.05) is 18.2 Å².